The summed E-state index contributed by atoms with van der Waals surface area (Å²) >= 11 is 0. The maximum atomic E-state index is 12.6. The molecule has 0 aromatic carbocycles. The molecule has 0 unspecified atom stereocenters. The molecule has 0 bridgehead atoms. The van der Waals surface area contributed by atoms with Gasteiger partial charge in [0.05, 0.1) is 7.11 Å². The number of hydrogen-bond acceptors (Lipinski definition) is 3. The molecular weight excluding hydrogens is 306 g/mol. The van der Waals surface area contributed by atoms with Crippen LogP contribution in [0.5, 0.6) is 11.6 Å². The van der Waals surface area contributed by atoms with Gasteiger partial charge in [0.1, 0.15) is 11.3 Å². The highest BCUT2D eigenvalue weighted by Gasteiger charge is 2.41. The summed E-state index contributed by atoms with van der Waals surface area (Å²) in [6.07, 6.45) is -14.1. The summed E-state index contributed by atoms with van der Waals surface area (Å²) in [5, 5.41) is 0. The van der Waals surface area contributed by atoms with Gasteiger partial charge in [0.15, 0.2) is 5.75 Å². The van der Waals surface area contributed by atoms with Crippen LogP contribution in [0.15, 0.2) is 6.07 Å². The smallest absolute Gasteiger partial charge is 0.491 e. The number of ether oxygens (including phenoxy) is 2. The van der Waals surface area contributed by atoms with Gasteiger partial charge < -0.3 is 9.47 Å². The van der Waals surface area contributed by atoms with E-state index in [9.17, 15) is 35.1 Å². The molecule has 1 aromatic rings. The molecule has 1 rings (SSSR count). The predicted octanol–water partition coefficient (Wildman–Crippen LogP) is 3.95. The summed E-state index contributed by atoms with van der Waals surface area (Å²) in [6.45, 7) is 0. The van der Waals surface area contributed by atoms with Crippen molar-refractivity contribution in [3.05, 3.63) is 17.3 Å². The molecule has 0 N–H and O–H groups in total. The molecule has 0 spiro atoms. The monoisotopic (exact) mass is 311 g/mol. The quantitative estimate of drug-likeness (QED) is 0.792. The molecule has 0 saturated heterocycles. The van der Waals surface area contributed by atoms with E-state index in [1.807, 2.05) is 0 Å². The second-order valence-electron chi connectivity index (χ2n) is 3.28. The Kier molecular flexibility index (Phi) is 4.30. The lowest BCUT2D eigenvalue weighted by atomic mass is 10.2. The number of nitrogens with zero attached hydrogens (tertiary/aromatic N) is 1. The number of hydrogen-bond donors (Lipinski definition) is 0. The fourth-order valence-corrected chi connectivity index (χ4v) is 1.23. The average Bonchev–Trinajstić information content (AvgIpc) is 2.24. The van der Waals surface area contributed by atoms with Crippen molar-refractivity contribution >= 4 is 0 Å². The lowest BCUT2D eigenvalue weighted by Crippen LogP contribution is -2.20. The molecule has 114 valence electrons. The van der Waals surface area contributed by atoms with Crippen LogP contribution in [0.4, 0.5) is 35.1 Å². The standard InChI is InChI=1S/C9H5F8NO2/c1-19-5-3(8(12,13)14)2-4(6(10)11)18-7(5)20-9(15,16)17/h2,6H,1H3. The Morgan fingerprint density at radius 2 is 1.65 bits per heavy atom. The van der Waals surface area contributed by atoms with Crippen molar-refractivity contribution in [1.29, 1.82) is 0 Å². The molecular formula is C9H5F8NO2. The lowest BCUT2D eigenvalue weighted by Gasteiger charge is -2.17. The zero-order valence-electron chi connectivity index (χ0n) is 9.44. The molecule has 3 nitrogen and oxygen atoms in total. The van der Waals surface area contributed by atoms with Crippen LogP contribution >= 0.6 is 0 Å². The van der Waals surface area contributed by atoms with Gasteiger partial charge in [0.25, 0.3) is 12.3 Å². The fourth-order valence-electron chi connectivity index (χ4n) is 1.23. The second kappa shape index (κ2) is 5.29. The molecule has 11 heteroatoms. The van der Waals surface area contributed by atoms with Crippen molar-refractivity contribution in [2.45, 2.75) is 19.0 Å². The van der Waals surface area contributed by atoms with Crippen LogP contribution in [-0.4, -0.2) is 18.5 Å². The second-order valence-corrected chi connectivity index (χ2v) is 3.28. The third kappa shape index (κ3) is 3.84. The number of methoxy groups -OCH3 is 1. The van der Waals surface area contributed by atoms with Crippen molar-refractivity contribution in [3.63, 3.8) is 0 Å². The summed E-state index contributed by atoms with van der Waals surface area (Å²) < 4.78 is 106. The van der Waals surface area contributed by atoms with Crippen LogP contribution in [0.1, 0.15) is 17.7 Å². The lowest BCUT2D eigenvalue weighted by molar-refractivity contribution is -0.276. The minimum absolute atomic E-state index is 0.104. The van der Waals surface area contributed by atoms with Crippen LogP contribution < -0.4 is 9.47 Å². The van der Waals surface area contributed by atoms with E-state index in [0.29, 0.717) is 7.11 Å². The Bertz CT molecular complexity index is 482. The molecule has 0 aliphatic carbocycles. The number of rotatable bonds is 3. The summed E-state index contributed by atoms with van der Waals surface area (Å²) in [5.74, 6) is -3.16. The number of halogens is 8. The van der Waals surface area contributed by atoms with E-state index in [2.05, 4.69) is 14.5 Å². The van der Waals surface area contributed by atoms with Crippen molar-refractivity contribution < 1.29 is 44.6 Å². The predicted molar refractivity (Wildman–Crippen MR) is 47.4 cm³/mol. The molecule has 0 amide bonds. The average molecular weight is 311 g/mol. The highest BCUT2D eigenvalue weighted by molar-refractivity contribution is 5.45. The molecule has 20 heavy (non-hydrogen) atoms. The van der Waals surface area contributed by atoms with Gasteiger partial charge in [-0.2, -0.15) is 13.2 Å². The van der Waals surface area contributed by atoms with Crippen LogP contribution in [0.2, 0.25) is 0 Å². The number of aromatic nitrogens is 1. The van der Waals surface area contributed by atoms with Crippen LogP contribution in [0.25, 0.3) is 0 Å². The van der Waals surface area contributed by atoms with Crippen molar-refractivity contribution in [1.82, 2.24) is 4.98 Å². The zero-order chi connectivity index (χ0) is 15.7. The molecule has 0 saturated carbocycles. The van der Waals surface area contributed by atoms with E-state index >= 15 is 0 Å². The van der Waals surface area contributed by atoms with Crippen LogP contribution in [-0.2, 0) is 6.18 Å². The molecule has 0 fully saturated rings. The van der Waals surface area contributed by atoms with Crippen molar-refractivity contribution in [2.24, 2.45) is 0 Å². The highest BCUT2D eigenvalue weighted by atomic mass is 19.4. The van der Waals surface area contributed by atoms with E-state index in [1.54, 1.807) is 0 Å². The summed E-state index contributed by atoms with van der Waals surface area (Å²) in [7, 11) is 0.623. The summed E-state index contributed by atoms with van der Waals surface area (Å²) in [4.78, 5) is 2.69. The van der Waals surface area contributed by atoms with E-state index in [1.165, 1.54) is 0 Å². The highest BCUT2D eigenvalue weighted by Crippen LogP contribution is 2.43. The number of pyridine rings is 1. The maximum absolute atomic E-state index is 12.6. The Morgan fingerprint density at radius 1 is 1.10 bits per heavy atom. The Hall–Kier alpha value is -1.81. The van der Waals surface area contributed by atoms with Gasteiger partial charge in [-0.25, -0.2) is 13.8 Å². The minimum atomic E-state index is -5.41. The van der Waals surface area contributed by atoms with E-state index < -0.39 is 41.9 Å². The summed E-state index contributed by atoms with van der Waals surface area (Å²) in [6, 6.07) is -0.104. The minimum Gasteiger partial charge on any atom is -0.491 e. The molecule has 1 aromatic heterocycles. The first-order chi connectivity index (χ1) is 8.95. The van der Waals surface area contributed by atoms with Gasteiger partial charge in [-0.3, -0.25) is 0 Å². The molecule has 1 heterocycles. The van der Waals surface area contributed by atoms with Gasteiger partial charge in [-0.1, -0.05) is 0 Å². The van der Waals surface area contributed by atoms with Gasteiger partial charge in [-0.05, 0) is 6.07 Å². The van der Waals surface area contributed by atoms with Crippen molar-refractivity contribution in [2.75, 3.05) is 7.11 Å². The molecule has 0 atom stereocenters. The van der Waals surface area contributed by atoms with E-state index in [-0.39, 0.29) is 6.07 Å². The largest absolute Gasteiger partial charge is 0.574 e. The first kappa shape index (κ1) is 16.2. The first-order valence-corrected chi connectivity index (χ1v) is 4.65. The Balaban J connectivity index is 3.51. The Labute approximate surface area is 106 Å². The van der Waals surface area contributed by atoms with Gasteiger partial charge in [0, 0.05) is 0 Å². The van der Waals surface area contributed by atoms with E-state index in [0.717, 1.165) is 0 Å². The van der Waals surface area contributed by atoms with E-state index in [4.69, 9.17) is 0 Å². The molecule has 0 radical (unpaired) electrons. The maximum Gasteiger partial charge on any atom is 0.574 e. The van der Waals surface area contributed by atoms with Gasteiger partial charge in [-0.15, -0.1) is 13.2 Å². The molecule has 0 aliphatic heterocycles. The fraction of sp³-hybridized carbons (Fsp3) is 0.444. The first-order valence-electron chi connectivity index (χ1n) is 4.65. The number of alkyl halides is 8. The third-order valence-electron chi connectivity index (χ3n) is 1.91. The normalized spacial score (nSPS) is 12.7. The van der Waals surface area contributed by atoms with Crippen LogP contribution in [0, 0.1) is 0 Å². The van der Waals surface area contributed by atoms with Crippen molar-refractivity contribution in [3.8, 4) is 11.6 Å². The van der Waals surface area contributed by atoms with Gasteiger partial charge >= 0.3 is 12.5 Å². The molecule has 0 aliphatic rings. The zero-order valence-corrected chi connectivity index (χ0v) is 9.44. The third-order valence-corrected chi connectivity index (χ3v) is 1.91. The SMILES string of the molecule is COc1c(C(F)(F)F)cc(C(F)F)nc1OC(F)(F)F. The van der Waals surface area contributed by atoms with Gasteiger partial charge in [0.2, 0.25) is 0 Å². The Morgan fingerprint density at radius 3 is 2.00 bits per heavy atom. The topological polar surface area (TPSA) is 31.4 Å². The van der Waals surface area contributed by atoms with Crippen LogP contribution in [0.3, 0.4) is 0 Å². The summed E-state index contributed by atoms with van der Waals surface area (Å²) in [5.41, 5.74) is -3.36.